The van der Waals surface area contributed by atoms with Gasteiger partial charge in [-0.25, -0.2) is 0 Å². The van der Waals surface area contributed by atoms with E-state index in [2.05, 4.69) is 15.9 Å². The second kappa shape index (κ2) is 5.89. The summed E-state index contributed by atoms with van der Waals surface area (Å²) in [6.07, 6.45) is 0. The van der Waals surface area contributed by atoms with E-state index in [4.69, 9.17) is 15.2 Å². The van der Waals surface area contributed by atoms with Crippen LogP contribution in [0.1, 0.15) is 5.56 Å². The molecule has 4 heteroatoms. The minimum Gasteiger partial charge on any atom is -0.493 e. The highest BCUT2D eigenvalue weighted by atomic mass is 79.9. The molecule has 0 atom stereocenters. The maximum absolute atomic E-state index is 5.82. The average molecular weight is 308 g/mol. The molecule has 2 aromatic carbocycles. The van der Waals surface area contributed by atoms with Crippen LogP contribution in [0.4, 0.5) is 0 Å². The van der Waals surface area contributed by atoms with Gasteiger partial charge in [0.2, 0.25) is 0 Å². The maximum atomic E-state index is 5.82. The van der Waals surface area contributed by atoms with Crippen molar-refractivity contribution in [1.29, 1.82) is 0 Å². The van der Waals surface area contributed by atoms with Gasteiger partial charge in [-0.05, 0) is 45.8 Å². The topological polar surface area (TPSA) is 44.5 Å². The quantitative estimate of drug-likeness (QED) is 0.936. The largest absolute Gasteiger partial charge is 0.493 e. The van der Waals surface area contributed by atoms with Crippen LogP contribution < -0.4 is 15.2 Å². The van der Waals surface area contributed by atoms with Crippen LogP contribution in [0.15, 0.2) is 46.9 Å². The molecule has 3 nitrogen and oxygen atoms in total. The molecule has 18 heavy (non-hydrogen) atoms. The lowest BCUT2D eigenvalue weighted by molar-refractivity contribution is 0.378. The van der Waals surface area contributed by atoms with Gasteiger partial charge in [-0.15, -0.1) is 0 Å². The Morgan fingerprint density at radius 2 is 1.78 bits per heavy atom. The van der Waals surface area contributed by atoms with Crippen molar-refractivity contribution in [1.82, 2.24) is 0 Å². The predicted octanol–water partition coefficient (Wildman–Crippen LogP) is 3.71. The second-order valence-electron chi connectivity index (χ2n) is 3.72. The van der Waals surface area contributed by atoms with Gasteiger partial charge in [0.05, 0.1) is 11.6 Å². The Labute approximate surface area is 115 Å². The number of nitrogens with two attached hydrogens (primary N) is 1. The summed E-state index contributed by atoms with van der Waals surface area (Å²) >= 11 is 3.47. The van der Waals surface area contributed by atoms with Gasteiger partial charge in [0.1, 0.15) is 5.75 Å². The molecule has 0 bridgehead atoms. The van der Waals surface area contributed by atoms with Gasteiger partial charge in [-0.3, -0.25) is 0 Å². The fraction of sp³-hybridized carbons (Fsp3) is 0.143. The second-order valence-corrected chi connectivity index (χ2v) is 4.58. The molecule has 0 spiro atoms. The molecular weight excluding hydrogens is 294 g/mol. The normalized spacial score (nSPS) is 10.2. The van der Waals surface area contributed by atoms with E-state index in [1.54, 1.807) is 7.11 Å². The molecule has 0 amide bonds. The molecule has 0 unspecified atom stereocenters. The number of rotatable bonds is 4. The third kappa shape index (κ3) is 2.83. The molecule has 2 aromatic rings. The summed E-state index contributed by atoms with van der Waals surface area (Å²) in [4.78, 5) is 0. The minimum atomic E-state index is 0.507. The van der Waals surface area contributed by atoms with Gasteiger partial charge in [-0.2, -0.15) is 0 Å². The van der Waals surface area contributed by atoms with Crippen molar-refractivity contribution in [2.24, 2.45) is 5.73 Å². The Morgan fingerprint density at radius 1 is 1.06 bits per heavy atom. The van der Waals surface area contributed by atoms with Crippen LogP contribution in [0, 0.1) is 0 Å². The molecule has 0 fully saturated rings. The SMILES string of the molecule is COc1ccccc1Oc1ccc(CN)cc1Br. The van der Waals surface area contributed by atoms with Gasteiger partial charge >= 0.3 is 0 Å². The summed E-state index contributed by atoms with van der Waals surface area (Å²) in [5.74, 6) is 2.12. The Morgan fingerprint density at radius 3 is 2.39 bits per heavy atom. The van der Waals surface area contributed by atoms with Gasteiger partial charge < -0.3 is 15.2 Å². The Bertz CT molecular complexity index is 543. The van der Waals surface area contributed by atoms with Gasteiger partial charge in [0.25, 0.3) is 0 Å². The van der Waals surface area contributed by atoms with Crippen LogP contribution >= 0.6 is 15.9 Å². The molecule has 0 aliphatic carbocycles. The predicted molar refractivity (Wildman–Crippen MR) is 75.1 cm³/mol. The molecule has 94 valence electrons. The highest BCUT2D eigenvalue weighted by molar-refractivity contribution is 9.10. The molecule has 0 heterocycles. The van der Waals surface area contributed by atoms with Crippen molar-refractivity contribution in [3.8, 4) is 17.2 Å². The highest BCUT2D eigenvalue weighted by Gasteiger charge is 2.07. The van der Waals surface area contributed by atoms with E-state index in [9.17, 15) is 0 Å². The van der Waals surface area contributed by atoms with Crippen LogP contribution in [0.5, 0.6) is 17.2 Å². The van der Waals surface area contributed by atoms with Crippen molar-refractivity contribution < 1.29 is 9.47 Å². The van der Waals surface area contributed by atoms with Gasteiger partial charge in [-0.1, -0.05) is 18.2 Å². The smallest absolute Gasteiger partial charge is 0.169 e. The molecular formula is C14H14BrNO2. The standard InChI is InChI=1S/C14H14BrNO2/c1-17-13-4-2-3-5-14(13)18-12-7-6-10(9-16)8-11(12)15/h2-8H,9,16H2,1H3. The number of ether oxygens (including phenoxy) is 2. The van der Waals surface area contributed by atoms with Crippen molar-refractivity contribution in [3.63, 3.8) is 0 Å². The Hall–Kier alpha value is -1.52. The Kier molecular flexibility index (Phi) is 4.23. The summed E-state index contributed by atoms with van der Waals surface area (Å²) in [7, 11) is 1.62. The first-order valence-electron chi connectivity index (χ1n) is 5.54. The van der Waals surface area contributed by atoms with Crippen LogP contribution in [0.25, 0.3) is 0 Å². The van der Waals surface area contributed by atoms with Crippen molar-refractivity contribution in [2.75, 3.05) is 7.11 Å². The summed E-state index contributed by atoms with van der Waals surface area (Å²) in [5, 5.41) is 0. The number of para-hydroxylation sites is 2. The zero-order chi connectivity index (χ0) is 13.0. The third-order valence-electron chi connectivity index (χ3n) is 2.52. The first-order chi connectivity index (χ1) is 8.74. The summed E-state index contributed by atoms with van der Waals surface area (Å²) in [6.45, 7) is 0.507. The van der Waals surface area contributed by atoms with Crippen molar-refractivity contribution in [3.05, 3.63) is 52.5 Å². The minimum absolute atomic E-state index is 0.507. The number of halogens is 1. The fourth-order valence-electron chi connectivity index (χ4n) is 1.58. The maximum Gasteiger partial charge on any atom is 0.169 e. The molecule has 0 aromatic heterocycles. The van der Waals surface area contributed by atoms with Gasteiger partial charge in [0.15, 0.2) is 11.5 Å². The lowest BCUT2D eigenvalue weighted by Crippen LogP contribution is -1.96. The highest BCUT2D eigenvalue weighted by Crippen LogP contribution is 2.35. The number of hydrogen-bond acceptors (Lipinski definition) is 3. The van der Waals surface area contributed by atoms with Crippen LogP contribution in [-0.2, 0) is 6.54 Å². The molecule has 0 aliphatic rings. The summed E-state index contributed by atoms with van der Waals surface area (Å²) in [5.41, 5.74) is 6.64. The van der Waals surface area contributed by atoms with E-state index < -0.39 is 0 Å². The average Bonchev–Trinajstić information content (AvgIpc) is 2.41. The number of benzene rings is 2. The molecule has 2 rings (SSSR count). The van der Waals surface area contributed by atoms with E-state index >= 15 is 0 Å². The molecule has 0 saturated heterocycles. The fourth-order valence-corrected chi connectivity index (χ4v) is 2.08. The van der Waals surface area contributed by atoms with Crippen LogP contribution in [0.2, 0.25) is 0 Å². The van der Waals surface area contributed by atoms with E-state index in [0.29, 0.717) is 18.0 Å². The van der Waals surface area contributed by atoms with E-state index in [1.807, 2.05) is 42.5 Å². The molecule has 0 aliphatic heterocycles. The van der Waals surface area contributed by atoms with Crippen LogP contribution in [-0.4, -0.2) is 7.11 Å². The van der Waals surface area contributed by atoms with Gasteiger partial charge in [0, 0.05) is 6.54 Å². The lowest BCUT2D eigenvalue weighted by Gasteiger charge is -2.11. The monoisotopic (exact) mass is 307 g/mol. The van der Waals surface area contributed by atoms with Crippen LogP contribution in [0.3, 0.4) is 0 Å². The van der Waals surface area contributed by atoms with Crippen molar-refractivity contribution >= 4 is 15.9 Å². The summed E-state index contributed by atoms with van der Waals surface area (Å²) < 4.78 is 11.9. The molecule has 0 saturated carbocycles. The number of methoxy groups -OCH3 is 1. The van der Waals surface area contributed by atoms with E-state index in [1.165, 1.54) is 0 Å². The molecule has 2 N–H and O–H groups in total. The zero-order valence-electron chi connectivity index (χ0n) is 10.0. The zero-order valence-corrected chi connectivity index (χ0v) is 11.6. The van der Waals surface area contributed by atoms with Crippen molar-refractivity contribution in [2.45, 2.75) is 6.54 Å². The third-order valence-corrected chi connectivity index (χ3v) is 3.14. The number of hydrogen-bond donors (Lipinski definition) is 1. The Balaban J connectivity index is 2.28. The molecule has 0 radical (unpaired) electrons. The lowest BCUT2D eigenvalue weighted by atomic mass is 10.2. The first kappa shape index (κ1) is 12.9. The van der Waals surface area contributed by atoms with E-state index in [-0.39, 0.29) is 0 Å². The van der Waals surface area contributed by atoms with E-state index in [0.717, 1.165) is 15.8 Å². The summed E-state index contributed by atoms with van der Waals surface area (Å²) in [6, 6.07) is 13.3. The first-order valence-corrected chi connectivity index (χ1v) is 6.33.